The fourth-order valence-corrected chi connectivity index (χ4v) is 6.19. The predicted molar refractivity (Wildman–Crippen MR) is 129 cm³/mol. The van der Waals surface area contributed by atoms with Gasteiger partial charge < -0.3 is 9.80 Å². The standard InChI is InChI=1S/C23H22N4O5S2/c1-34(31,32)18-4-2-3-17-21(18)24-23(33-17)26-13-11-25(12-14-26)22(30)15-5-7-16(8-6-15)27-19(28)9-10-20(27)29/h2-8H,9-14H2,1H3. The largest absolute Gasteiger partial charge is 0.345 e. The van der Waals surface area contributed by atoms with Crippen molar-refractivity contribution in [2.75, 3.05) is 42.2 Å². The molecule has 2 aromatic carbocycles. The lowest BCUT2D eigenvalue weighted by Crippen LogP contribution is -2.48. The van der Waals surface area contributed by atoms with Crippen LogP contribution in [0.25, 0.3) is 10.2 Å². The summed E-state index contributed by atoms with van der Waals surface area (Å²) in [4.78, 5) is 46.6. The van der Waals surface area contributed by atoms with Gasteiger partial charge in [-0.1, -0.05) is 17.4 Å². The molecule has 0 saturated carbocycles. The highest BCUT2D eigenvalue weighted by Crippen LogP contribution is 2.33. The molecule has 176 valence electrons. The number of sulfone groups is 1. The number of nitrogens with zero attached hydrogens (tertiary/aromatic N) is 4. The van der Waals surface area contributed by atoms with Gasteiger partial charge in [-0.25, -0.2) is 13.4 Å². The number of para-hydroxylation sites is 1. The Morgan fingerprint density at radius 2 is 1.59 bits per heavy atom. The molecule has 34 heavy (non-hydrogen) atoms. The molecule has 0 spiro atoms. The number of aromatic nitrogens is 1. The number of amides is 3. The van der Waals surface area contributed by atoms with E-state index in [0.29, 0.717) is 42.9 Å². The lowest BCUT2D eigenvalue weighted by molar-refractivity contribution is -0.121. The molecule has 3 amide bonds. The van der Waals surface area contributed by atoms with Gasteiger partial charge in [0.05, 0.1) is 15.3 Å². The van der Waals surface area contributed by atoms with Crippen LogP contribution in [0.1, 0.15) is 23.2 Å². The molecule has 2 aliphatic heterocycles. The summed E-state index contributed by atoms with van der Waals surface area (Å²) in [7, 11) is -3.38. The third kappa shape index (κ3) is 4.05. The van der Waals surface area contributed by atoms with Crippen LogP contribution in [0, 0.1) is 0 Å². The van der Waals surface area contributed by atoms with E-state index in [-0.39, 0.29) is 35.5 Å². The van der Waals surface area contributed by atoms with E-state index in [0.717, 1.165) is 9.83 Å². The Morgan fingerprint density at radius 3 is 2.21 bits per heavy atom. The number of carbonyl (C=O) groups excluding carboxylic acids is 3. The minimum absolute atomic E-state index is 0.117. The normalized spacial score (nSPS) is 17.1. The van der Waals surface area contributed by atoms with E-state index in [1.807, 2.05) is 6.07 Å². The molecule has 0 radical (unpaired) electrons. The molecule has 3 heterocycles. The Kier molecular flexibility index (Phi) is 5.61. The zero-order chi connectivity index (χ0) is 24.0. The van der Waals surface area contributed by atoms with Crippen molar-refractivity contribution < 1.29 is 22.8 Å². The van der Waals surface area contributed by atoms with Gasteiger partial charge in [-0.15, -0.1) is 0 Å². The topological polar surface area (TPSA) is 108 Å². The van der Waals surface area contributed by atoms with E-state index in [4.69, 9.17) is 0 Å². The number of imide groups is 1. The lowest BCUT2D eigenvalue weighted by atomic mass is 10.1. The van der Waals surface area contributed by atoms with Crippen LogP contribution in [0.5, 0.6) is 0 Å². The maximum Gasteiger partial charge on any atom is 0.253 e. The summed E-state index contributed by atoms with van der Waals surface area (Å²) in [6, 6.07) is 11.7. The number of anilines is 2. The summed E-state index contributed by atoms with van der Waals surface area (Å²) < 4.78 is 25.0. The third-order valence-electron chi connectivity index (χ3n) is 6.03. The monoisotopic (exact) mass is 498 g/mol. The molecule has 1 aromatic heterocycles. The van der Waals surface area contributed by atoms with Gasteiger partial charge in [0, 0.05) is 50.8 Å². The van der Waals surface area contributed by atoms with Crippen molar-refractivity contribution in [3.8, 4) is 0 Å². The van der Waals surface area contributed by atoms with Crippen molar-refractivity contribution in [1.82, 2.24) is 9.88 Å². The van der Waals surface area contributed by atoms with Crippen LogP contribution in [-0.2, 0) is 19.4 Å². The molecule has 0 bridgehead atoms. The zero-order valence-corrected chi connectivity index (χ0v) is 20.1. The van der Waals surface area contributed by atoms with E-state index < -0.39 is 9.84 Å². The van der Waals surface area contributed by atoms with E-state index in [1.165, 1.54) is 22.5 Å². The van der Waals surface area contributed by atoms with Gasteiger partial charge in [0.2, 0.25) is 11.8 Å². The summed E-state index contributed by atoms with van der Waals surface area (Å²) in [6.07, 6.45) is 1.61. The van der Waals surface area contributed by atoms with Gasteiger partial charge in [-0.2, -0.15) is 0 Å². The number of fused-ring (bicyclic) bond motifs is 1. The predicted octanol–water partition coefficient (Wildman–Crippen LogP) is 2.32. The highest BCUT2D eigenvalue weighted by Gasteiger charge is 2.30. The number of benzene rings is 2. The Balaban J connectivity index is 1.27. The molecule has 2 fully saturated rings. The Hall–Kier alpha value is -3.31. The first-order valence-corrected chi connectivity index (χ1v) is 13.5. The lowest BCUT2D eigenvalue weighted by Gasteiger charge is -2.34. The summed E-state index contributed by atoms with van der Waals surface area (Å²) in [6.45, 7) is 2.15. The van der Waals surface area contributed by atoms with Crippen LogP contribution >= 0.6 is 11.3 Å². The summed E-state index contributed by atoms with van der Waals surface area (Å²) >= 11 is 1.44. The van der Waals surface area contributed by atoms with E-state index in [2.05, 4.69) is 9.88 Å². The molecule has 2 saturated heterocycles. The maximum atomic E-state index is 13.0. The van der Waals surface area contributed by atoms with E-state index >= 15 is 0 Å². The minimum atomic E-state index is -3.38. The summed E-state index contributed by atoms with van der Waals surface area (Å²) in [5.41, 5.74) is 1.46. The second-order valence-electron chi connectivity index (χ2n) is 8.32. The number of rotatable bonds is 4. The molecule has 0 N–H and O–H groups in total. The number of hydrogen-bond donors (Lipinski definition) is 0. The first-order chi connectivity index (χ1) is 16.2. The van der Waals surface area contributed by atoms with Crippen LogP contribution in [0.4, 0.5) is 10.8 Å². The van der Waals surface area contributed by atoms with Crippen molar-refractivity contribution in [3.63, 3.8) is 0 Å². The first kappa shape index (κ1) is 22.5. The quantitative estimate of drug-likeness (QED) is 0.508. The number of hydrogen-bond acceptors (Lipinski definition) is 8. The molecular weight excluding hydrogens is 476 g/mol. The third-order valence-corrected chi connectivity index (χ3v) is 8.24. The van der Waals surface area contributed by atoms with Crippen molar-refractivity contribution >= 4 is 59.9 Å². The summed E-state index contributed by atoms with van der Waals surface area (Å²) in [5, 5.41) is 0.738. The average Bonchev–Trinajstić information content (AvgIpc) is 3.41. The van der Waals surface area contributed by atoms with Crippen LogP contribution in [0.3, 0.4) is 0 Å². The molecule has 0 aliphatic carbocycles. The van der Waals surface area contributed by atoms with Crippen LogP contribution in [0.15, 0.2) is 47.4 Å². The molecule has 5 rings (SSSR count). The van der Waals surface area contributed by atoms with Gasteiger partial charge in [0.15, 0.2) is 15.0 Å². The Labute approximate surface area is 200 Å². The van der Waals surface area contributed by atoms with Crippen molar-refractivity contribution in [2.24, 2.45) is 0 Å². The van der Waals surface area contributed by atoms with E-state index in [9.17, 15) is 22.8 Å². The number of thiazole rings is 1. The van der Waals surface area contributed by atoms with E-state index in [1.54, 1.807) is 41.3 Å². The highest BCUT2D eigenvalue weighted by atomic mass is 32.2. The molecule has 3 aromatic rings. The van der Waals surface area contributed by atoms with Gasteiger partial charge in [-0.05, 0) is 36.4 Å². The molecule has 2 aliphatic rings. The first-order valence-electron chi connectivity index (χ1n) is 10.8. The average molecular weight is 499 g/mol. The second-order valence-corrected chi connectivity index (χ2v) is 11.3. The number of carbonyl (C=O) groups is 3. The molecule has 9 nitrogen and oxygen atoms in total. The molecular formula is C23H22N4O5S2. The highest BCUT2D eigenvalue weighted by molar-refractivity contribution is 7.91. The minimum Gasteiger partial charge on any atom is -0.345 e. The van der Waals surface area contributed by atoms with Crippen LogP contribution in [0.2, 0.25) is 0 Å². The van der Waals surface area contributed by atoms with Crippen LogP contribution in [-0.4, -0.2) is 68.5 Å². The second kappa shape index (κ2) is 8.48. The Morgan fingerprint density at radius 1 is 0.941 bits per heavy atom. The van der Waals surface area contributed by atoms with Crippen molar-refractivity contribution in [3.05, 3.63) is 48.0 Å². The van der Waals surface area contributed by atoms with Gasteiger partial charge in [0.1, 0.15) is 5.52 Å². The Bertz CT molecular complexity index is 1390. The van der Waals surface area contributed by atoms with Gasteiger partial charge >= 0.3 is 0 Å². The van der Waals surface area contributed by atoms with Crippen molar-refractivity contribution in [2.45, 2.75) is 17.7 Å². The summed E-state index contributed by atoms with van der Waals surface area (Å²) in [5.74, 6) is -0.564. The van der Waals surface area contributed by atoms with Gasteiger partial charge in [0.25, 0.3) is 5.91 Å². The molecule has 11 heteroatoms. The fraction of sp³-hybridized carbons (Fsp3) is 0.304. The van der Waals surface area contributed by atoms with Gasteiger partial charge in [-0.3, -0.25) is 19.3 Å². The molecule has 0 atom stereocenters. The SMILES string of the molecule is CS(=O)(=O)c1cccc2sc(N3CCN(C(=O)c4ccc(N5C(=O)CCC5=O)cc4)CC3)nc12. The maximum absolute atomic E-state index is 13.0. The number of piperazine rings is 1. The molecule has 0 unspecified atom stereocenters. The smallest absolute Gasteiger partial charge is 0.253 e. The fourth-order valence-electron chi connectivity index (χ4n) is 4.25. The van der Waals surface area contributed by atoms with Crippen molar-refractivity contribution in [1.29, 1.82) is 0 Å². The van der Waals surface area contributed by atoms with Crippen LogP contribution < -0.4 is 9.80 Å². The zero-order valence-electron chi connectivity index (χ0n) is 18.4.